The van der Waals surface area contributed by atoms with Crippen LogP contribution in [0.15, 0.2) is 23.7 Å². The summed E-state index contributed by atoms with van der Waals surface area (Å²) in [4.78, 5) is 6.88. The van der Waals surface area contributed by atoms with Crippen molar-refractivity contribution in [3.05, 3.63) is 23.7 Å². The molecule has 3 rings (SSSR count). The van der Waals surface area contributed by atoms with Gasteiger partial charge in [-0.3, -0.25) is 0 Å². The summed E-state index contributed by atoms with van der Waals surface area (Å²) in [5.41, 5.74) is 0. The molecule has 1 atom stereocenters. The van der Waals surface area contributed by atoms with Crippen molar-refractivity contribution in [3.8, 4) is 0 Å². The molecule has 90 valence electrons. The third-order valence-corrected chi connectivity index (χ3v) is 4.36. The number of thiophene rings is 1. The highest BCUT2D eigenvalue weighted by Gasteiger charge is 2.24. The number of nitrogens with zero attached hydrogens (tertiary/aromatic N) is 2. The summed E-state index contributed by atoms with van der Waals surface area (Å²) in [5.74, 6) is 1.74. The Morgan fingerprint density at radius 3 is 3.29 bits per heavy atom. The van der Waals surface area contributed by atoms with Crippen LogP contribution < -0.4 is 4.90 Å². The zero-order valence-corrected chi connectivity index (χ0v) is 10.5. The quantitative estimate of drug-likeness (QED) is 0.906. The van der Waals surface area contributed by atoms with Crippen molar-refractivity contribution >= 4 is 27.2 Å². The summed E-state index contributed by atoms with van der Waals surface area (Å²) in [7, 11) is 0. The van der Waals surface area contributed by atoms with E-state index < -0.39 is 0 Å². The molecule has 1 aliphatic rings. The van der Waals surface area contributed by atoms with Gasteiger partial charge >= 0.3 is 0 Å². The van der Waals surface area contributed by atoms with Crippen LogP contribution in [-0.2, 0) is 0 Å². The van der Waals surface area contributed by atoms with Gasteiger partial charge in [-0.25, -0.2) is 4.98 Å². The summed E-state index contributed by atoms with van der Waals surface area (Å²) in [6, 6.07) is 4.23. The standard InChI is InChI=1S/C13H16N2OS/c16-7-3-10-2-6-15(9-10)13-11-4-8-17-12(11)1-5-14-13/h1,4-5,8,10,16H,2-3,6-7,9H2. The molecular weight excluding hydrogens is 232 g/mol. The molecule has 1 fully saturated rings. The van der Waals surface area contributed by atoms with Crippen molar-refractivity contribution in [2.75, 3.05) is 24.6 Å². The predicted octanol–water partition coefficient (Wildman–Crippen LogP) is 2.51. The zero-order valence-electron chi connectivity index (χ0n) is 9.67. The monoisotopic (exact) mass is 248 g/mol. The lowest BCUT2D eigenvalue weighted by atomic mass is 10.1. The molecular formula is C13H16N2OS. The molecule has 0 spiro atoms. The first-order valence-corrected chi connectivity index (χ1v) is 6.94. The summed E-state index contributed by atoms with van der Waals surface area (Å²) >= 11 is 1.76. The molecule has 4 heteroatoms. The van der Waals surface area contributed by atoms with E-state index in [4.69, 9.17) is 5.11 Å². The number of hydrogen-bond donors (Lipinski definition) is 1. The molecule has 0 aliphatic carbocycles. The Morgan fingerprint density at radius 1 is 1.47 bits per heavy atom. The first kappa shape index (κ1) is 11.0. The van der Waals surface area contributed by atoms with E-state index in [1.54, 1.807) is 11.3 Å². The van der Waals surface area contributed by atoms with Crippen LogP contribution in [-0.4, -0.2) is 29.8 Å². The van der Waals surface area contributed by atoms with Crippen LogP contribution >= 0.6 is 11.3 Å². The summed E-state index contributed by atoms with van der Waals surface area (Å²) in [6.07, 6.45) is 3.98. The smallest absolute Gasteiger partial charge is 0.137 e. The van der Waals surface area contributed by atoms with Gasteiger partial charge in [-0.05, 0) is 36.3 Å². The number of fused-ring (bicyclic) bond motifs is 1. The maximum atomic E-state index is 8.99. The molecule has 0 amide bonds. The molecule has 0 aromatic carbocycles. The molecule has 3 heterocycles. The highest BCUT2D eigenvalue weighted by atomic mass is 32.1. The molecule has 1 saturated heterocycles. The van der Waals surface area contributed by atoms with E-state index >= 15 is 0 Å². The average molecular weight is 248 g/mol. The van der Waals surface area contributed by atoms with Crippen LogP contribution in [0.4, 0.5) is 5.82 Å². The van der Waals surface area contributed by atoms with Crippen molar-refractivity contribution in [3.63, 3.8) is 0 Å². The fraction of sp³-hybridized carbons (Fsp3) is 0.462. The van der Waals surface area contributed by atoms with E-state index in [1.807, 2.05) is 6.20 Å². The summed E-state index contributed by atoms with van der Waals surface area (Å²) in [5, 5.41) is 12.4. The molecule has 1 unspecified atom stereocenters. The third kappa shape index (κ3) is 2.03. The van der Waals surface area contributed by atoms with Crippen molar-refractivity contribution in [1.82, 2.24) is 4.98 Å². The first-order valence-electron chi connectivity index (χ1n) is 6.06. The Bertz CT molecular complexity index is 511. The Hall–Kier alpha value is -1.13. The van der Waals surface area contributed by atoms with Gasteiger partial charge in [0.2, 0.25) is 0 Å². The number of rotatable bonds is 3. The van der Waals surface area contributed by atoms with Gasteiger partial charge in [0, 0.05) is 36.0 Å². The van der Waals surface area contributed by atoms with Crippen molar-refractivity contribution in [1.29, 1.82) is 0 Å². The number of pyridine rings is 1. The Labute approximate surface area is 105 Å². The van der Waals surface area contributed by atoms with Gasteiger partial charge in [-0.2, -0.15) is 0 Å². The second kappa shape index (κ2) is 4.63. The van der Waals surface area contributed by atoms with Gasteiger partial charge in [0.25, 0.3) is 0 Å². The van der Waals surface area contributed by atoms with E-state index in [0.29, 0.717) is 12.5 Å². The molecule has 1 N–H and O–H groups in total. The van der Waals surface area contributed by atoms with Crippen molar-refractivity contribution in [2.24, 2.45) is 5.92 Å². The van der Waals surface area contributed by atoms with Gasteiger partial charge in [-0.15, -0.1) is 11.3 Å². The number of aliphatic hydroxyl groups excluding tert-OH is 1. The second-order valence-corrected chi connectivity index (χ2v) is 5.53. The van der Waals surface area contributed by atoms with Crippen LogP contribution in [0.1, 0.15) is 12.8 Å². The largest absolute Gasteiger partial charge is 0.396 e. The van der Waals surface area contributed by atoms with Crippen molar-refractivity contribution < 1.29 is 5.11 Å². The van der Waals surface area contributed by atoms with Crippen LogP contribution in [0.2, 0.25) is 0 Å². The lowest BCUT2D eigenvalue weighted by molar-refractivity contribution is 0.263. The minimum Gasteiger partial charge on any atom is -0.396 e. The predicted molar refractivity (Wildman–Crippen MR) is 71.6 cm³/mol. The van der Waals surface area contributed by atoms with E-state index in [2.05, 4.69) is 27.4 Å². The zero-order chi connectivity index (χ0) is 11.7. The Morgan fingerprint density at radius 2 is 2.41 bits per heavy atom. The maximum Gasteiger partial charge on any atom is 0.137 e. The lowest BCUT2D eigenvalue weighted by Gasteiger charge is -2.18. The van der Waals surface area contributed by atoms with Crippen LogP contribution in [0.5, 0.6) is 0 Å². The molecule has 1 aliphatic heterocycles. The van der Waals surface area contributed by atoms with Gasteiger partial charge < -0.3 is 10.0 Å². The van der Waals surface area contributed by atoms with E-state index in [-0.39, 0.29) is 0 Å². The van der Waals surface area contributed by atoms with Gasteiger partial charge in [0.05, 0.1) is 0 Å². The molecule has 2 aromatic rings. The number of aromatic nitrogens is 1. The van der Waals surface area contributed by atoms with Crippen molar-refractivity contribution in [2.45, 2.75) is 12.8 Å². The van der Waals surface area contributed by atoms with Gasteiger partial charge in [0.1, 0.15) is 5.82 Å². The SMILES string of the molecule is OCCC1CCN(c2nccc3sccc23)C1. The van der Waals surface area contributed by atoms with Crippen LogP contribution in [0.3, 0.4) is 0 Å². The number of aliphatic hydroxyl groups is 1. The Balaban J connectivity index is 1.87. The van der Waals surface area contributed by atoms with E-state index in [9.17, 15) is 0 Å². The third-order valence-electron chi connectivity index (χ3n) is 3.48. The molecule has 17 heavy (non-hydrogen) atoms. The average Bonchev–Trinajstić information content (AvgIpc) is 2.96. The van der Waals surface area contributed by atoms with Crippen LogP contribution in [0.25, 0.3) is 10.1 Å². The highest BCUT2D eigenvalue weighted by Crippen LogP contribution is 2.32. The Kier molecular flexibility index (Phi) is 2.99. The summed E-state index contributed by atoms with van der Waals surface area (Å²) in [6.45, 7) is 2.39. The first-order chi connectivity index (χ1) is 8.38. The molecule has 0 bridgehead atoms. The van der Waals surface area contributed by atoms with Gasteiger partial charge in [-0.1, -0.05) is 0 Å². The molecule has 0 saturated carbocycles. The fourth-order valence-corrected chi connectivity index (χ4v) is 3.35. The maximum absolute atomic E-state index is 8.99. The molecule has 0 radical (unpaired) electrons. The second-order valence-electron chi connectivity index (χ2n) is 4.58. The normalized spacial score (nSPS) is 20.3. The number of hydrogen-bond acceptors (Lipinski definition) is 4. The lowest BCUT2D eigenvalue weighted by Crippen LogP contribution is -2.21. The van der Waals surface area contributed by atoms with Crippen LogP contribution in [0, 0.1) is 5.92 Å². The molecule has 2 aromatic heterocycles. The highest BCUT2D eigenvalue weighted by molar-refractivity contribution is 7.17. The van der Waals surface area contributed by atoms with Gasteiger partial charge in [0.15, 0.2) is 0 Å². The minimum absolute atomic E-state index is 0.300. The molecule has 3 nitrogen and oxygen atoms in total. The minimum atomic E-state index is 0.300. The summed E-state index contributed by atoms with van der Waals surface area (Å²) < 4.78 is 1.31. The number of anilines is 1. The topological polar surface area (TPSA) is 36.4 Å². The van der Waals surface area contributed by atoms with E-state index in [0.717, 1.165) is 25.3 Å². The fourth-order valence-electron chi connectivity index (χ4n) is 2.58. The van der Waals surface area contributed by atoms with E-state index in [1.165, 1.54) is 16.5 Å².